The number of ether oxygens (including phenoxy) is 1. The summed E-state index contributed by atoms with van der Waals surface area (Å²) in [6, 6.07) is 4.28. The molecule has 2 aromatic rings. The van der Waals surface area contributed by atoms with Crippen LogP contribution in [0, 0.1) is 12.8 Å². The van der Waals surface area contributed by atoms with Crippen LogP contribution < -0.4 is 15.4 Å². The average Bonchev–Trinajstić information content (AvgIpc) is 3.51. The number of aryl methyl sites for hydroxylation is 1. The molecule has 1 saturated carbocycles. The molecule has 160 valence electrons. The van der Waals surface area contributed by atoms with Crippen LogP contribution in [0.15, 0.2) is 24.4 Å². The Balaban J connectivity index is 1.57. The summed E-state index contributed by atoms with van der Waals surface area (Å²) in [4.78, 5) is 36.2. The van der Waals surface area contributed by atoms with E-state index in [1.807, 2.05) is 0 Å². The van der Waals surface area contributed by atoms with E-state index in [-0.39, 0.29) is 35.9 Å². The zero-order valence-corrected chi connectivity index (χ0v) is 16.3. The summed E-state index contributed by atoms with van der Waals surface area (Å²) in [6.45, 7) is 2.64. The molecule has 0 spiro atoms. The molecule has 3 rings (SSSR count). The smallest absolute Gasteiger partial charge is 0.425 e. The second-order valence-corrected chi connectivity index (χ2v) is 6.97. The van der Waals surface area contributed by atoms with Gasteiger partial charge in [-0.05, 0) is 38.3 Å². The first-order valence-electron chi connectivity index (χ1n) is 9.25. The summed E-state index contributed by atoms with van der Waals surface area (Å²) in [7, 11) is 0. The third-order valence-corrected chi connectivity index (χ3v) is 4.28. The SMILES string of the molecule is Cc1cc(C(=O)NCc2ccc(OC(C)C(F)(F)F)nc2)nc(NC(=O)C2CC2)n1. The van der Waals surface area contributed by atoms with Gasteiger partial charge in [-0.1, -0.05) is 6.07 Å². The average molecular weight is 423 g/mol. The number of halogens is 3. The van der Waals surface area contributed by atoms with Gasteiger partial charge in [0.15, 0.2) is 6.10 Å². The molecule has 2 amide bonds. The quantitative estimate of drug-likeness (QED) is 0.709. The summed E-state index contributed by atoms with van der Waals surface area (Å²) in [6.07, 6.45) is -3.49. The van der Waals surface area contributed by atoms with Gasteiger partial charge in [0, 0.05) is 30.4 Å². The van der Waals surface area contributed by atoms with Crippen LogP contribution in [0.1, 0.15) is 41.5 Å². The maximum absolute atomic E-state index is 12.5. The van der Waals surface area contributed by atoms with Crippen LogP contribution in [0.3, 0.4) is 0 Å². The number of hydrogen-bond donors (Lipinski definition) is 2. The van der Waals surface area contributed by atoms with Crippen LogP contribution >= 0.6 is 0 Å². The third-order valence-electron chi connectivity index (χ3n) is 4.28. The van der Waals surface area contributed by atoms with E-state index in [0.29, 0.717) is 11.3 Å². The van der Waals surface area contributed by atoms with E-state index >= 15 is 0 Å². The van der Waals surface area contributed by atoms with Gasteiger partial charge in [-0.25, -0.2) is 15.0 Å². The standard InChI is InChI=1S/C19H20F3N5O3/c1-10-7-14(26-18(25-10)27-16(28)13-4-5-13)17(29)24-9-12-3-6-15(23-8-12)30-11(2)19(20,21)22/h3,6-8,11,13H,4-5,9H2,1-2H3,(H,24,29)(H,25,26,27,28). The summed E-state index contributed by atoms with van der Waals surface area (Å²) >= 11 is 0. The van der Waals surface area contributed by atoms with Crippen molar-refractivity contribution < 1.29 is 27.5 Å². The molecule has 2 aromatic heterocycles. The summed E-state index contributed by atoms with van der Waals surface area (Å²) < 4.78 is 42.3. The van der Waals surface area contributed by atoms with Gasteiger partial charge in [0.25, 0.3) is 5.91 Å². The largest absolute Gasteiger partial charge is 0.465 e. The predicted molar refractivity (Wildman–Crippen MR) is 99.7 cm³/mol. The molecule has 0 aromatic carbocycles. The number of carbonyl (C=O) groups excluding carboxylic acids is 2. The van der Waals surface area contributed by atoms with Gasteiger partial charge < -0.3 is 10.1 Å². The highest BCUT2D eigenvalue weighted by molar-refractivity contribution is 5.95. The zero-order chi connectivity index (χ0) is 21.9. The monoisotopic (exact) mass is 423 g/mol. The van der Waals surface area contributed by atoms with E-state index in [2.05, 4.69) is 25.6 Å². The first-order chi connectivity index (χ1) is 14.1. The number of rotatable bonds is 7. The molecule has 2 N–H and O–H groups in total. The van der Waals surface area contributed by atoms with Crippen LogP contribution in [-0.4, -0.2) is 39.0 Å². The number of anilines is 1. The Morgan fingerprint density at radius 2 is 2.00 bits per heavy atom. The van der Waals surface area contributed by atoms with Crippen molar-refractivity contribution in [1.82, 2.24) is 20.3 Å². The molecule has 0 saturated heterocycles. The number of alkyl halides is 3. The number of hydrogen-bond acceptors (Lipinski definition) is 6. The number of aromatic nitrogens is 3. The Labute approximate surface area is 170 Å². The highest BCUT2D eigenvalue weighted by Crippen LogP contribution is 2.29. The molecule has 2 heterocycles. The first-order valence-corrected chi connectivity index (χ1v) is 9.25. The second kappa shape index (κ2) is 8.64. The Morgan fingerprint density at radius 3 is 2.60 bits per heavy atom. The number of amides is 2. The van der Waals surface area contributed by atoms with E-state index in [9.17, 15) is 22.8 Å². The Morgan fingerprint density at radius 1 is 1.27 bits per heavy atom. The summed E-state index contributed by atoms with van der Waals surface area (Å²) in [5.41, 5.74) is 1.16. The predicted octanol–water partition coefficient (Wildman–Crippen LogP) is 2.79. The van der Waals surface area contributed by atoms with Gasteiger partial charge in [-0.2, -0.15) is 13.2 Å². The van der Waals surface area contributed by atoms with Gasteiger partial charge in [0.2, 0.25) is 17.7 Å². The molecule has 30 heavy (non-hydrogen) atoms. The lowest BCUT2D eigenvalue weighted by Crippen LogP contribution is -2.31. The van der Waals surface area contributed by atoms with Crippen molar-refractivity contribution in [2.24, 2.45) is 5.92 Å². The van der Waals surface area contributed by atoms with E-state index in [1.54, 1.807) is 6.92 Å². The number of nitrogens with one attached hydrogen (secondary N) is 2. The maximum Gasteiger partial charge on any atom is 0.425 e. The van der Waals surface area contributed by atoms with Crippen LogP contribution in [0.4, 0.5) is 19.1 Å². The van der Waals surface area contributed by atoms with Crippen LogP contribution in [-0.2, 0) is 11.3 Å². The molecule has 11 heteroatoms. The topological polar surface area (TPSA) is 106 Å². The number of carbonyl (C=O) groups is 2. The van der Waals surface area contributed by atoms with Crippen LogP contribution in [0.5, 0.6) is 5.88 Å². The number of nitrogens with zero attached hydrogens (tertiary/aromatic N) is 3. The lowest BCUT2D eigenvalue weighted by Gasteiger charge is -2.16. The molecule has 1 atom stereocenters. The first kappa shape index (κ1) is 21.5. The molecule has 1 unspecified atom stereocenters. The van der Waals surface area contributed by atoms with Gasteiger partial charge in [0.1, 0.15) is 5.69 Å². The summed E-state index contributed by atoms with van der Waals surface area (Å²) in [5, 5.41) is 5.24. The minimum absolute atomic E-state index is 0.0232. The zero-order valence-electron chi connectivity index (χ0n) is 16.3. The molecule has 0 radical (unpaired) electrons. The molecule has 8 nitrogen and oxygen atoms in total. The maximum atomic E-state index is 12.5. The van der Waals surface area contributed by atoms with Crippen molar-refractivity contribution in [2.45, 2.75) is 45.5 Å². The van der Waals surface area contributed by atoms with E-state index in [1.165, 1.54) is 24.4 Å². The van der Waals surface area contributed by atoms with Crippen LogP contribution in [0.2, 0.25) is 0 Å². The normalized spacial score (nSPS) is 14.7. The van der Waals surface area contributed by atoms with E-state index < -0.39 is 18.2 Å². The highest BCUT2D eigenvalue weighted by atomic mass is 19.4. The van der Waals surface area contributed by atoms with Crippen molar-refractivity contribution in [3.8, 4) is 5.88 Å². The molecular formula is C19H20F3N5O3. The van der Waals surface area contributed by atoms with Crippen molar-refractivity contribution >= 4 is 17.8 Å². The number of pyridine rings is 1. The van der Waals surface area contributed by atoms with Gasteiger partial charge in [0.05, 0.1) is 0 Å². The fourth-order valence-electron chi connectivity index (χ4n) is 2.40. The van der Waals surface area contributed by atoms with Gasteiger partial charge in [-0.3, -0.25) is 14.9 Å². The van der Waals surface area contributed by atoms with E-state index in [4.69, 9.17) is 4.74 Å². The molecule has 1 fully saturated rings. The fourth-order valence-corrected chi connectivity index (χ4v) is 2.40. The Kier molecular flexibility index (Phi) is 6.18. The third kappa shape index (κ3) is 5.88. The van der Waals surface area contributed by atoms with Crippen LogP contribution in [0.25, 0.3) is 0 Å². The van der Waals surface area contributed by atoms with Gasteiger partial charge >= 0.3 is 6.18 Å². The van der Waals surface area contributed by atoms with E-state index in [0.717, 1.165) is 19.8 Å². The minimum Gasteiger partial charge on any atom is -0.465 e. The fraction of sp³-hybridized carbons (Fsp3) is 0.421. The molecule has 0 bridgehead atoms. The molecule has 1 aliphatic rings. The van der Waals surface area contributed by atoms with Crippen molar-refractivity contribution in [3.05, 3.63) is 41.3 Å². The minimum atomic E-state index is -4.49. The summed E-state index contributed by atoms with van der Waals surface area (Å²) in [5.74, 6) is -0.782. The second-order valence-electron chi connectivity index (χ2n) is 6.97. The molecular weight excluding hydrogens is 403 g/mol. The van der Waals surface area contributed by atoms with Crippen molar-refractivity contribution in [3.63, 3.8) is 0 Å². The van der Waals surface area contributed by atoms with Crippen molar-refractivity contribution in [1.29, 1.82) is 0 Å². The Bertz CT molecular complexity index is 930. The lowest BCUT2D eigenvalue weighted by atomic mass is 10.2. The molecule has 1 aliphatic carbocycles. The lowest BCUT2D eigenvalue weighted by molar-refractivity contribution is -0.189. The molecule has 0 aliphatic heterocycles. The highest BCUT2D eigenvalue weighted by Gasteiger charge is 2.38. The van der Waals surface area contributed by atoms with Crippen molar-refractivity contribution in [2.75, 3.05) is 5.32 Å². The Hall–Kier alpha value is -3.24. The van der Waals surface area contributed by atoms with Gasteiger partial charge in [-0.15, -0.1) is 0 Å².